The second kappa shape index (κ2) is 5.45. The molecule has 0 amide bonds. The molecule has 1 unspecified atom stereocenters. The third-order valence-electron chi connectivity index (χ3n) is 3.19. The summed E-state index contributed by atoms with van der Waals surface area (Å²) in [7, 11) is 0. The Hall–Kier alpha value is -1.16. The van der Waals surface area contributed by atoms with Crippen molar-refractivity contribution in [3.05, 3.63) is 69.5 Å². The van der Waals surface area contributed by atoms with Crippen LogP contribution in [0.4, 0.5) is 0 Å². The Morgan fingerprint density at radius 1 is 1.11 bits per heavy atom. The number of rotatable bonds is 3. The minimum Gasteiger partial charge on any atom is -0.388 e. The molecule has 0 bridgehead atoms. The van der Waals surface area contributed by atoms with Crippen LogP contribution < -0.4 is 0 Å². The Labute approximate surface area is 124 Å². The molecule has 1 nitrogen and oxygen atoms in total. The van der Waals surface area contributed by atoms with E-state index in [1.165, 1.54) is 10.1 Å². The Morgan fingerprint density at radius 2 is 1.95 bits per heavy atom. The molecular formula is C16H13BrOS. The molecule has 3 rings (SSSR count). The van der Waals surface area contributed by atoms with Gasteiger partial charge in [-0.3, -0.25) is 0 Å². The summed E-state index contributed by atoms with van der Waals surface area (Å²) in [5.41, 5.74) is 2.16. The maximum atomic E-state index is 10.5. The van der Waals surface area contributed by atoms with Crippen molar-refractivity contribution in [2.24, 2.45) is 0 Å². The van der Waals surface area contributed by atoms with Gasteiger partial charge in [0.05, 0.1) is 6.10 Å². The predicted molar refractivity (Wildman–Crippen MR) is 84.6 cm³/mol. The largest absolute Gasteiger partial charge is 0.388 e. The van der Waals surface area contributed by atoms with E-state index in [1.807, 2.05) is 30.3 Å². The second-order valence-corrected chi connectivity index (χ2v) is 6.37. The van der Waals surface area contributed by atoms with Crippen LogP contribution in [0.2, 0.25) is 0 Å². The first-order valence-corrected chi connectivity index (χ1v) is 7.80. The van der Waals surface area contributed by atoms with E-state index >= 15 is 0 Å². The highest BCUT2D eigenvalue weighted by atomic mass is 79.9. The van der Waals surface area contributed by atoms with Crippen molar-refractivity contribution in [2.45, 2.75) is 12.5 Å². The van der Waals surface area contributed by atoms with Crippen LogP contribution in [0.1, 0.15) is 17.2 Å². The number of aliphatic hydroxyl groups is 1. The van der Waals surface area contributed by atoms with E-state index in [2.05, 4.69) is 39.5 Å². The van der Waals surface area contributed by atoms with Crippen molar-refractivity contribution in [1.82, 2.24) is 0 Å². The number of hydrogen-bond donors (Lipinski definition) is 1. The van der Waals surface area contributed by atoms with Crippen LogP contribution in [0.15, 0.2) is 58.4 Å². The molecule has 1 N–H and O–H groups in total. The van der Waals surface area contributed by atoms with Gasteiger partial charge in [-0.25, -0.2) is 0 Å². The molecule has 0 spiro atoms. The number of fused-ring (bicyclic) bond motifs is 1. The van der Waals surface area contributed by atoms with Crippen molar-refractivity contribution in [2.75, 3.05) is 0 Å². The van der Waals surface area contributed by atoms with Crippen LogP contribution in [-0.4, -0.2) is 5.11 Å². The Morgan fingerprint density at radius 3 is 2.79 bits per heavy atom. The van der Waals surface area contributed by atoms with Gasteiger partial charge in [-0.05, 0) is 40.1 Å². The Balaban J connectivity index is 1.91. The lowest BCUT2D eigenvalue weighted by molar-refractivity contribution is 0.180. The molecular weight excluding hydrogens is 320 g/mol. The molecule has 0 radical (unpaired) electrons. The van der Waals surface area contributed by atoms with Crippen LogP contribution >= 0.6 is 27.3 Å². The molecule has 3 heteroatoms. The van der Waals surface area contributed by atoms with E-state index in [0.29, 0.717) is 6.42 Å². The number of hydrogen-bond acceptors (Lipinski definition) is 2. The topological polar surface area (TPSA) is 20.2 Å². The van der Waals surface area contributed by atoms with Crippen molar-refractivity contribution < 1.29 is 5.11 Å². The molecule has 96 valence electrons. The van der Waals surface area contributed by atoms with E-state index in [1.54, 1.807) is 11.3 Å². The zero-order chi connectivity index (χ0) is 13.2. The minimum absolute atomic E-state index is 0.461. The normalized spacial score (nSPS) is 12.7. The molecule has 3 aromatic rings. The van der Waals surface area contributed by atoms with Gasteiger partial charge in [0.2, 0.25) is 0 Å². The van der Waals surface area contributed by atoms with Gasteiger partial charge in [-0.1, -0.05) is 46.3 Å². The average Bonchev–Trinajstić information content (AvgIpc) is 2.86. The number of aliphatic hydroxyl groups excluding tert-OH is 1. The molecule has 19 heavy (non-hydrogen) atoms. The summed E-state index contributed by atoms with van der Waals surface area (Å²) >= 11 is 5.15. The monoisotopic (exact) mass is 332 g/mol. The van der Waals surface area contributed by atoms with E-state index in [9.17, 15) is 5.11 Å². The van der Waals surface area contributed by atoms with E-state index in [0.717, 1.165) is 15.6 Å². The smallest absolute Gasteiger partial charge is 0.0844 e. The number of benzene rings is 2. The predicted octanol–water partition coefficient (Wildman–Crippen LogP) is 4.94. The highest BCUT2D eigenvalue weighted by molar-refractivity contribution is 9.10. The maximum absolute atomic E-state index is 10.5. The van der Waals surface area contributed by atoms with Crippen LogP contribution in [0.25, 0.3) is 10.1 Å². The Bertz CT molecular complexity index is 705. The second-order valence-electron chi connectivity index (χ2n) is 4.54. The summed E-state index contributed by atoms with van der Waals surface area (Å²) in [4.78, 5) is 0. The zero-order valence-electron chi connectivity index (χ0n) is 10.2. The van der Waals surface area contributed by atoms with Gasteiger partial charge >= 0.3 is 0 Å². The van der Waals surface area contributed by atoms with Gasteiger partial charge in [0.15, 0.2) is 0 Å². The molecule has 0 aliphatic heterocycles. The molecule has 1 aromatic heterocycles. The summed E-state index contributed by atoms with van der Waals surface area (Å²) < 4.78 is 2.23. The number of thiophene rings is 1. The molecule has 0 aliphatic carbocycles. The van der Waals surface area contributed by atoms with Gasteiger partial charge in [0.25, 0.3) is 0 Å². The lowest BCUT2D eigenvalue weighted by atomic mass is 10.0. The molecule has 0 fully saturated rings. The van der Waals surface area contributed by atoms with Gasteiger partial charge in [0, 0.05) is 15.6 Å². The molecule has 0 saturated carbocycles. The highest BCUT2D eigenvalue weighted by Crippen LogP contribution is 2.30. The fourth-order valence-corrected chi connectivity index (χ4v) is 3.69. The first kappa shape index (κ1) is 12.9. The van der Waals surface area contributed by atoms with Crippen molar-refractivity contribution in [3.63, 3.8) is 0 Å². The first-order valence-electron chi connectivity index (χ1n) is 6.12. The molecule has 1 atom stereocenters. The lowest BCUT2D eigenvalue weighted by Crippen LogP contribution is -2.01. The van der Waals surface area contributed by atoms with Gasteiger partial charge in [-0.15, -0.1) is 11.3 Å². The lowest BCUT2D eigenvalue weighted by Gasteiger charge is -2.12. The first-order chi connectivity index (χ1) is 9.24. The van der Waals surface area contributed by atoms with E-state index in [-0.39, 0.29) is 0 Å². The fraction of sp³-hybridized carbons (Fsp3) is 0.125. The van der Waals surface area contributed by atoms with Crippen LogP contribution in [0.5, 0.6) is 0 Å². The minimum atomic E-state index is -0.461. The summed E-state index contributed by atoms with van der Waals surface area (Å²) in [6.45, 7) is 0. The zero-order valence-corrected chi connectivity index (χ0v) is 12.6. The van der Waals surface area contributed by atoms with E-state index < -0.39 is 6.10 Å². The summed E-state index contributed by atoms with van der Waals surface area (Å²) in [5.74, 6) is 0. The third-order valence-corrected chi connectivity index (χ3v) is 4.66. The third kappa shape index (κ3) is 2.73. The van der Waals surface area contributed by atoms with Gasteiger partial charge in [-0.2, -0.15) is 0 Å². The quantitative estimate of drug-likeness (QED) is 0.720. The summed E-state index contributed by atoms with van der Waals surface area (Å²) in [6, 6.07) is 16.3. The molecule has 1 heterocycles. The summed E-state index contributed by atoms with van der Waals surface area (Å²) in [6.07, 6.45) is 0.174. The fourth-order valence-electron chi connectivity index (χ4n) is 2.28. The standard InChI is InChI=1S/C16H13BrOS/c17-13-5-1-3-11(9-13)10-15(18)14-6-2-4-12-7-8-19-16(12)14/h1-9,15,18H,10H2. The van der Waals surface area contributed by atoms with Crippen molar-refractivity contribution in [1.29, 1.82) is 0 Å². The average molecular weight is 333 g/mol. The molecule has 2 aromatic carbocycles. The van der Waals surface area contributed by atoms with E-state index in [4.69, 9.17) is 0 Å². The van der Waals surface area contributed by atoms with Gasteiger partial charge in [0.1, 0.15) is 0 Å². The molecule has 0 aliphatic rings. The SMILES string of the molecule is OC(Cc1cccc(Br)c1)c1cccc2ccsc12. The van der Waals surface area contributed by atoms with Gasteiger partial charge < -0.3 is 5.11 Å². The Kier molecular flexibility index (Phi) is 3.69. The van der Waals surface area contributed by atoms with Crippen LogP contribution in [-0.2, 0) is 6.42 Å². The summed E-state index contributed by atoms with van der Waals surface area (Å²) in [5, 5.41) is 13.7. The van der Waals surface area contributed by atoms with Crippen molar-refractivity contribution in [3.8, 4) is 0 Å². The van der Waals surface area contributed by atoms with Crippen LogP contribution in [0.3, 0.4) is 0 Å². The maximum Gasteiger partial charge on any atom is 0.0844 e. The highest BCUT2D eigenvalue weighted by Gasteiger charge is 2.12. The number of halogens is 1. The van der Waals surface area contributed by atoms with Crippen LogP contribution in [0, 0.1) is 0 Å². The molecule has 0 saturated heterocycles. The van der Waals surface area contributed by atoms with Crippen molar-refractivity contribution >= 4 is 37.4 Å².